The Morgan fingerprint density at radius 1 is 1.27 bits per heavy atom. The molecular formula is C14H27N. The van der Waals surface area contributed by atoms with Gasteiger partial charge in [0.15, 0.2) is 0 Å². The monoisotopic (exact) mass is 209 g/mol. The Kier molecular flexibility index (Phi) is 3.12. The first-order valence-electron chi connectivity index (χ1n) is 6.83. The minimum absolute atomic E-state index is 0.631. The fourth-order valence-electron chi connectivity index (χ4n) is 4.41. The third kappa shape index (κ3) is 1.73. The lowest BCUT2D eigenvalue weighted by Gasteiger charge is -2.48. The van der Waals surface area contributed by atoms with Crippen molar-refractivity contribution in [1.29, 1.82) is 0 Å². The van der Waals surface area contributed by atoms with Crippen LogP contribution in [0.15, 0.2) is 0 Å². The van der Waals surface area contributed by atoms with Gasteiger partial charge in [-0.3, -0.25) is 0 Å². The van der Waals surface area contributed by atoms with Gasteiger partial charge in [0.25, 0.3) is 0 Å². The van der Waals surface area contributed by atoms with Crippen LogP contribution in [0.3, 0.4) is 0 Å². The van der Waals surface area contributed by atoms with Gasteiger partial charge < -0.3 is 5.32 Å². The van der Waals surface area contributed by atoms with Crippen LogP contribution in [0.2, 0.25) is 0 Å². The maximum Gasteiger partial charge on any atom is 0.0149 e. The van der Waals surface area contributed by atoms with E-state index in [1.807, 2.05) is 0 Å². The van der Waals surface area contributed by atoms with E-state index in [2.05, 4.69) is 33.1 Å². The summed E-state index contributed by atoms with van der Waals surface area (Å²) in [7, 11) is 2.17. The molecule has 5 unspecified atom stereocenters. The molecule has 15 heavy (non-hydrogen) atoms. The molecule has 0 aliphatic heterocycles. The number of hydrogen-bond acceptors (Lipinski definition) is 1. The van der Waals surface area contributed by atoms with E-state index in [0.29, 0.717) is 5.41 Å². The molecule has 0 amide bonds. The van der Waals surface area contributed by atoms with Gasteiger partial charge >= 0.3 is 0 Å². The fourth-order valence-corrected chi connectivity index (χ4v) is 4.41. The van der Waals surface area contributed by atoms with Gasteiger partial charge in [0.1, 0.15) is 0 Å². The summed E-state index contributed by atoms with van der Waals surface area (Å²) in [6.07, 6.45) is 7.20. The lowest BCUT2D eigenvalue weighted by molar-refractivity contribution is 0.0534. The Morgan fingerprint density at radius 2 is 1.93 bits per heavy atom. The Hall–Kier alpha value is -0.0400. The maximum atomic E-state index is 3.64. The smallest absolute Gasteiger partial charge is 0.0149 e. The van der Waals surface area contributed by atoms with Gasteiger partial charge in [-0.2, -0.15) is 0 Å². The zero-order valence-corrected chi connectivity index (χ0v) is 10.8. The van der Waals surface area contributed by atoms with Gasteiger partial charge in [0.05, 0.1) is 0 Å². The molecule has 0 spiro atoms. The zero-order valence-electron chi connectivity index (χ0n) is 10.8. The second kappa shape index (κ2) is 4.08. The van der Waals surface area contributed by atoms with E-state index in [0.717, 1.165) is 23.8 Å². The molecule has 0 saturated heterocycles. The normalized spacial score (nSPS) is 50.4. The second-order valence-corrected chi connectivity index (χ2v) is 6.04. The van der Waals surface area contributed by atoms with E-state index in [1.165, 1.54) is 32.1 Å². The van der Waals surface area contributed by atoms with Crippen molar-refractivity contribution in [3.63, 3.8) is 0 Å². The molecule has 0 aromatic rings. The Labute approximate surface area is 95.0 Å². The molecule has 88 valence electrons. The average molecular weight is 209 g/mol. The van der Waals surface area contributed by atoms with Gasteiger partial charge in [0.2, 0.25) is 0 Å². The first-order chi connectivity index (χ1) is 7.15. The molecule has 0 aromatic heterocycles. The van der Waals surface area contributed by atoms with Gasteiger partial charge in [0, 0.05) is 6.04 Å². The quantitative estimate of drug-likeness (QED) is 0.750. The minimum Gasteiger partial charge on any atom is -0.316 e. The molecule has 2 aliphatic rings. The number of nitrogens with one attached hydrogen (secondary N) is 1. The van der Waals surface area contributed by atoms with Crippen LogP contribution in [0.4, 0.5) is 0 Å². The summed E-state index contributed by atoms with van der Waals surface area (Å²) >= 11 is 0. The SMILES string of the molecule is CCC1(C2CC2C)CCCC(C)C1NC. The standard InChI is InChI=1S/C14H27N/c1-5-14(12-9-11(12)3)8-6-7-10(2)13(14)15-4/h10-13,15H,5-9H2,1-4H3. The van der Waals surface area contributed by atoms with Crippen molar-refractivity contribution in [3.8, 4) is 0 Å². The summed E-state index contributed by atoms with van der Waals surface area (Å²) in [5, 5.41) is 3.64. The molecule has 2 aliphatic carbocycles. The topological polar surface area (TPSA) is 12.0 Å². The molecule has 2 fully saturated rings. The summed E-state index contributed by atoms with van der Waals surface area (Å²) in [6.45, 7) is 7.29. The Balaban J connectivity index is 2.20. The van der Waals surface area contributed by atoms with E-state index in [4.69, 9.17) is 0 Å². The van der Waals surface area contributed by atoms with Crippen molar-refractivity contribution in [1.82, 2.24) is 5.32 Å². The molecule has 2 rings (SSSR count). The Bertz CT molecular complexity index is 225. The molecule has 0 aromatic carbocycles. The molecule has 1 heteroatoms. The molecule has 0 bridgehead atoms. The molecule has 5 atom stereocenters. The predicted octanol–water partition coefficient (Wildman–Crippen LogP) is 3.45. The summed E-state index contributed by atoms with van der Waals surface area (Å²) < 4.78 is 0. The minimum atomic E-state index is 0.631. The van der Waals surface area contributed by atoms with Crippen molar-refractivity contribution in [2.75, 3.05) is 7.05 Å². The molecule has 2 saturated carbocycles. The van der Waals surface area contributed by atoms with Crippen LogP contribution in [0.25, 0.3) is 0 Å². The highest BCUT2D eigenvalue weighted by molar-refractivity contribution is 5.06. The van der Waals surface area contributed by atoms with E-state index in [-0.39, 0.29) is 0 Å². The third-order valence-corrected chi connectivity index (χ3v) is 5.31. The third-order valence-electron chi connectivity index (χ3n) is 5.31. The second-order valence-electron chi connectivity index (χ2n) is 6.04. The van der Waals surface area contributed by atoms with Gasteiger partial charge in [-0.05, 0) is 55.9 Å². The van der Waals surface area contributed by atoms with E-state index >= 15 is 0 Å². The lowest BCUT2D eigenvalue weighted by Crippen LogP contribution is -2.51. The summed E-state index contributed by atoms with van der Waals surface area (Å²) in [4.78, 5) is 0. The maximum absolute atomic E-state index is 3.64. The lowest BCUT2D eigenvalue weighted by atomic mass is 9.61. The summed E-state index contributed by atoms with van der Waals surface area (Å²) in [5.74, 6) is 2.88. The zero-order chi connectivity index (χ0) is 11.1. The van der Waals surface area contributed by atoms with Crippen LogP contribution in [-0.2, 0) is 0 Å². The van der Waals surface area contributed by atoms with Crippen LogP contribution < -0.4 is 5.32 Å². The Morgan fingerprint density at radius 3 is 2.40 bits per heavy atom. The van der Waals surface area contributed by atoms with Crippen LogP contribution in [-0.4, -0.2) is 13.1 Å². The van der Waals surface area contributed by atoms with Crippen molar-refractivity contribution >= 4 is 0 Å². The number of rotatable bonds is 3. The predicted molar refractivity (Wildman–Crippen MR) is 65.9 cm³/mol. The van der Waals surface area contributed by atoms with Gasteiger partial charge in [-0.25, -0.2) is 0 Å². The molecule has 0 radical (unpaired) electrons. The van der Waals surface area contributed by atoms with Crippen LogP contribution in [0.1, 0.15) is 52.9 Å². The van der Waals surface area contributed by atoms with Crippen LogP contribution >= 0.6 is 0 Å². The molecular weight excluding hydrogens is 182 g/mol. The largest absolute Gasteiger partial charge is 0.316 e. The fraction of sp³-hybridized carbons (Fsp3) is 1.00. The van der Waals surface area contributed by atoms with Gasteiger partial charge in [-0.15, -0.1) is 0 Å². The van der Waals surface area contributed by atoms with Crippen molar-refractivity contribution in [2.45, 2.75) is 58.9 Å². The van der Waals surface area contributed by atoms with E-state index in [9.17, 15) is 0 Å². The molecule has 1 nitrogen and oxygen atoms in total. The van der Waals surface area contributed by atoms with Crippen molar-refractivity contribution < 1.29 is 0 Å². The molecule has 1 N–H and O–H groups in total. The van der Waals surface area contributed by atoms with E-state index in [1.54, 1.807) is 0 Å². The summed E-state index contributed by atoms with van der Waals surface area (Å²) in [5.41, 5.74) is 0.631. The first-order valence-corrected chi connectivity index (χ1v) is 6.83. The average Bonchev–Trinajstić information content (AvgIpc) is 2.95. The van der Waals surface area contributed by atoms with E-state index < -0.39 is 0 Å². The first kappa shape index (κ1) is 11.4. The number of hydrogen-bond donors (Lipinski definition) is 1. The highest BCUT2D eigenvalue weighted by Gasteiger charge is 2.54. The molecule has 0 heterocycles. The van der Waals surface area contributed by atoms with Crippen molar-refractivity contribution in [3.05, 3.63) is 0 Å². The summed E-state index contributed by atoms with van der Waals surface area (Å²) in [6, 6.07) is 0.770. The van der Waals surface area contributed by atoms with Gasteiger partial charge in [-0.1, -0.05) is 27.2 Å². The highest BCUT2D eigenvalue weighted by atomic mass is 14.9. The van der Waals surface area contributed by atoms with Crippen LogP contribution in [0.5, 0.6) is 0 Å². The van der Waals surface area contributed by atoms with Crippen molar-refractivity contribution in [2.24, 2.45) is 23.2 Å². The van der Waals surface area contributed by atoms with Crippen LogP contribution in [0, 0.1) is 23.2 Å². The highest BCUT2D eigenvalue weighted by Crippen LogP contribution is 2.59.